The molecular weight excluding hydrogens is 278 g/mol. The number of halogens is 2. The summed E-state index contributed by atoms with van der Waals surface area (Å²) in [5.74, 6) is -2.92. The van der Waals surface area contributed by atoms with E-state index < -0.39 is 29.1 Å². The van der Waals surface area contributed by atoms with Crippen molar-refractivity contribution in [3.05, 3.63) is 34.9 Å². The van der Waals surface area contributed by atoms with E-state index in [1.165, 1.54) is 13.8 Å². The summed E-state index contributed by atoms with van der Waals surface area (Å²) in [4.78, 5) is 12.0. The first-order valence-electron chi connectivity index (χ1n) is 7.13. The lowest BCUT2D eigenvalue weighted by Crippen LogP contribution is -2.45. The molecule has 1 N–H and O–H groups in total. The molecule has 0 aliphatic heterocycles. The van der Waals surface area contributed by atoms with Gasteiger partial charge >= 0.3 is 5.97 Å². The molecule has 0 aliphatic carbocycles. The Labute approximate surface area is 123 Å². The molecule has 0 bridgehead atoms. The van der Waals surface area contributed by atoms with Gasteiger partial charge in [-0.2, -0.15) is 0 Å². The number of aliphatic hydroxyl groups is 1. The van der Waals surface area contributed by atoms with Gasteiger partial charge in [0.15, 0.2) is 5.60 Å². The van der Waals surface area contributed by atoms with Crippen molar-refractivity contribution >= 4 is 5.97 Å². The van der Waals surface area contributed by atoms with Crippen molar-refractivity contribution in [1.82, 2.24) is 0 Å². The van der Waals surface area contributed by atoms with Crippen LogP contribution in [0.25, 0.3) is 0 Å². The number of carbonyl (C=O) groups excluding carboxylic acids is 1. The van der Waals surface area contributed by atoms with Crippen molar-refractivity contribution in [3.63, 3.8) is 0 Å². The molecule has 0 saturated heterocycles. The number of benzene rings is 1. The van der Waals surface area contributed by atoms with Crippen molar-refractivity contribution in [2.75, 3.05) is 6.61 Å². The molecule has 2 atom stereocenters. The lowest BCUT2D eigenvalue weighted by atomic mass is 9.80. The summed E-state index contributed by atoms with van der Waals surface area (Å²) in [6.07, 6.45) is 0.623. The van der Waals surface area contributed by atoms with Crippen molar-refractivity contribution in [2.45, 2.75) is 52.1 Å². The largest absolute Gasteiger partial charge is 0.464 e. The van der Waals surface area contributed by atoms with Crippen LogP contribution in [0, 0.1) is 18.6 Å². The van der Waals surface area contributed by atoms with Gasteiger partial charge < -0.3 is 9.84 Å². The van der Waals surface area contributed by atoms with Crippen molar-refractivity contribution in [1.29, 1.82) is 0 Å². The molecule has 0 saturated carbocycles. The van der Waals surface area contributed by atoms with Crippen molar-refractivity contribution in [3.8, 4) is 0 Å². The molecule has 118 valence electrons. The predicted molar refractivity (Wildman–Crippen MR) is 76.0 cm³/mol. The average Bonchev–Trinajstić information content (AvgIpc) is 2.42. The van der Waals surface area contributed by atoms with E-state index in [0.29, 0.717) is 6.42 Å². The Morgan fingerprint density at radius 2 is 1.95 bits per heavy atom. The highest BCUT2D eigenvalue weighted by molar-refractivity contribution is 5.80. The number of hydrogen-bond donors (Lipinski definition) is 1. The fourth-order valence-corrected chi connectivity index (χ4v) is 2.38. The zero-order valence-electron chi connectivity index (χ0n) is 12.9. The highest BCUT2D eigenvalue weighted by Crippen LogP contribution is 2.35. The van der Waals surface area contributed by atoms with Crippen LogP contribution in [0.3, 0.4) is 0 Å². The van der Waals surface area contributed by atoms with Gasteiger partial charge in [-0.3, -0.25) is 0 Å². The van der Waals surface area contributed by atoms with Gasteiger partial charge in [0.05, 0.1) is 6.61 Å². The second-order valence-corrected chi connectivity index (χ2v) is 5.24. The van der Waals surface area contributed by atoms with E-state index in [2.05, 4.69) is 0 Å². The van der Waals surface area contributed by atoms with Crippen LogP contribution in [0.15, 0.2) is 12.1 Å². The maximum atomic E-state index is 14.1. The summed E-state index contributed by atoms with van der Waals surface area (Å²) < 4.78 is 32.6. The van der Waals surface area contributed by atoms with Gasteiger partial charge in [0.25, 0.3) is 0 Å². The summed E-state index contributed by atoms with van der Waals surface area (Å²) in [6.45, 7) is 6.49. The molecule has 0 fully saturated rings. The van der Waals surface area contributed by atoms with Gasteiger partial charge in [-0.1, -0.05) is 20.3 Å². The van der Waals surface area contributed by atoms with Crippen LogP contribution in [0.4, 0.5) is 8.78 Å². The van der Waals surface area contributed by atoms with Crippen LogP contribution in [0.5, 0.6) is 0 Å². The normalized spacial score (nSPS) is 15.4. The number of rotatable bonds is 6. The van der Waals surface area contributed by atoms with Crippen LogP contribution in [-0.2, 0) is 9.53 Å². The Morgan fingerprint density at radius 1 is 1.33 bits per heavy atom. The summed E-state index contributed by atoms with van der Waals surface area (Å²) in [5.41, 5.74) is -1.71. The Morgan fingerprint density at radius 3 is 2.48 bits per heavy atom. The summed E-state index contributed by atoms with van der Waals surface area (Å²) in [7, 11) is 0. The Kier molecular flexibility index (Phi) is 5.84. The van der Waals surface area contributed by atoms with Crippen molar-refractivity contribution in [2.24, 2.45) is 0 Å². The highest BCUT2D eigenvalue weighted by atomic mass is 19.1. The minimum Gasteiger partial charge on any atom is -0.464 e. The number of ether oxygens (including phenoxy) is 1. The van der Waals surface area contributed by atoms with E-state index in [1.807, 2.05) is 0 Å². The van der Waals surface area contributed by atoms with Gasteiger partial charge in [0, 0.05) is 5.92 Å². The standard InChI is InChI=1S/C16H22F2O3/c1-5-7-16(20,15(19)21-6-2)11(4)12-9-13(17)10(3)8-14(12)18/h8-9,11,20H,5-7H2,1-4H3. The number of hydrogen-bond acceptors (Lipinski definition) is 3. The molecule has 2 unspecified atom stereocenters. The molecule has 0 aliphatic rings. The van der Waals surface area contributed by atoms with E-state index in [0.717, 1.165) is 12.1 Å². The Balaban J connectivity index is 3.26. The first-order valence-corrected chi connectivity index (χ1v) is 7.13. The molecular formula is C16H22F2O3. The van der Waals surface area contributed by atoms with Gasteiger partial charge in [0.2, 0.25) is 0 Å². The maximum Gasteiger partial charge on any atom is 0.338 e. The molecule has 0 aromatic heterocycles. The van der Waals surface area contributed by atoms with Gasteiger partial charge in [-0.05, 0) is 43.5 Å². The molecule has 3 nitrogen and oxygen atoms in total. The zero-order chi connectivity index (χ0) is 16.2. The molecule has 0 radical (unpaired) electrons. The second kappa shape index (κ2) is 6.98. The fraction of sp³-hybridized carbons (Fsp3) is 0.562. The quantitative estimate of drug-likeness (QED) is 0.818. The van der Waals surface area contributed by atoms with E-state index in [1.54, 1.807) is 13.8 Å². The minimum absolute atomic E-state index is 0.0258. The third-order valence-corrected chi connectivity index (χ3v) is 3.72. The number of aryl methyl sites for hydroxylation is 1. The van der Waals surface area contributed by atoms with Gasteiger partial charge in [-0.15, -0.1) is 0 Å². The van der Waals surface area contributed by atoms with E-state index in [4.69, 9.17) is 4.74 Å². The van der Waals surface area contributed by atoms with E-state index in [-0.39, 0.29) is 24.2 Å². The van der Waals surface area contributed by atoms with Crippen LogP contribution >= 0.6 is 0 Å². The monoisotopic (exact) mass is 300 g/mol. The molecule has 1 rings (SSSR count). The van der Waals surface area contributed by atoms with Crippen LogP contribution in [0.2, 0.25) is 0 Å². The summed E-state index contributed by atoms with van der Waals surface area (Å²) >= 11 is 0. The Bertz CT molecular complexity index is 516. The molecule has 0 heterocycles. The lowest BCUT2D eigenvalue weighted by Gasteiger charge is -2.32. The second-order valence-electron chi connectivity index (χ2n) is 5.24. The summed E-state index contributed by atoms with van der Waals surface area (Å²) in [6, 6.07) is 2.11. The van der Waals surface area contributed by atoms with Crippen LogP contribution in [-0.4, -0.2) is 23.3 Å². The Hall–Kier alpha value is -1.49. The minimum atomic E-state index is -1.87. The molecule has 0 spiro atoms. The molecule has 1 aromatic carbocycles. The molecule has 0 amide bonds. The van der Waals surface area contributed by atoms with Crippen LogP contribution < -0.4 is 0 Å². The topological polar surface area (TPSA) is 46.5 Å². The molecule has 21 heavy (non-hydrogen) atoms. The number of carbonyl (C=O) groups is 1. The first kappa shape index (κ1) is 17.6. The van der Waals surface area contributed by atoms with Crippen LogP contribution in [0.1, 0.15) is 50.7 Å². The first-order chi connectivity index (χ1) is 9.77. The molecule has 5 heteroatoms. The third-order valence-electron chi connectivity index (χ3n) is 3.72. The zero-order valence-corrected chi connectivity index (χ0v) is 12.9. The fourth-order valence-electron chi connectivity index (χ4n) is 2.38. The van der Waals surface area contributed by atoms with E-state index >= 15 is 0 Å². The smallest absolute Gasteiger partial charge is 0.338 e. The molecule has 1 aromatic rings. The highest BCUT2D eigenvalue weighted by Gasteiger charge is 2.44. The third kappa shape index (κ3) is 3.59. The van der Waals surface area contributed by atoms with Gasteiger partial charge in [0.1, 0.15) is 11.6 Å². The maximum absolute atomic E-state index is 14.1. The number of esters is 1. The SMILES string of the molecule is CCCC(O)(C(=O)OCC)C(C)c1cc(F)c(C)cc1F. The van der Waals surface area contributed by atoms with Gasteiger partial charge in [-0.25, -0.2) is 13.6 Å². The van der Waals surface area contributed by atoms with Crippen molar-refractivity contribution < 1.29 is 23.4 Å². The van der Waals surface area contributed by atoms with E-state index in [9.17, 15) is 18.7 Å². The predicted octanol–water partition coefficient (Wildman–Crippen LogP) is 3.47. The summed E-state index contributed by atoms with van der Waals surface area (Å²) in [5, 5.41) is 10.7. The lowest BCUT2D eigenvalue weighted by molar-refractivity contribution is -0.168. The average molecular weight is 300 g/mol.